The zero-order valence-corrected chi connectivity index (χ0v) is 22.0. The number of hydrogen-bond acceptors (Lipinski definition) is 5. The Labute approximate surface area is 222 Å². The van der Waals surface area contributed by atoms with Crippen LogP contribution in [0.25, 0.3) is 11.2 Å². The maximum atomic E-state index is 14.2. The molecule has 38 heavy (non-hydrogen) atoms. The summed E-state index contributed by atoms with van der Waals surface area (Å²) < 4.78 is 45.1. The fourth-order valence-electron chi connectivity index (χ4n) is 6.01. The maximum Gasteiger partial charge on any atom is 0.418 e. The van der Waals surface area contributed by atoms with Crippen molar-refractivity contribution in [3.05, 3.63) is 80.4 Å². The number of aromatic nitrogens is 4. The second-order valence-corrected chi connectivity index (χ2v) is 11.7. The molecule has 6 rings (SSSR count). The third-order valence-electron chi connectivity index (χ3n) is 8.05. The molecule has 6 nitrogen and oxygen atoms in total. The molecule has 2 aliphatic rings. The van der Waals surface area contributed by atoms with Gasteiger partial charge in [0, 0.05) is 31.4 Å². The second kappa shape index (κ2) is 9.96. The molecule has 10 heteroatoms. The highest BCUT2D eigenvalue weighted by Gasteiger charge is 2.35. The van der Waals surface area contributed by atoms with Crippen LogP contribution in [-0.4, -0.2) is 37.2 Å². The van der Waals surface area contributed by atoms with Crippen molar-refractivity contribution in [1.29, 1.82) is 0 Å². The van der Waals surface area contributed by atoms with E-state index < -0.39 is 17.4 Å². The highest BCUT2D eigenvalue weighted by Crippen LogP contribution is 2.44. The van der Waals surface area contributed by atoms with E-state index in [-0.39, 0.29) is 11.4 Å². The number of hydrogen-bond donors (Lipinski definition) is 0. The smallest absolute Gasteiger partial charge is 0.299 e. The number of alkyl halides is 3. The first-order valence-electron chi connectivity index (χ1n) is 13.2. The standard InChI is InChI=1S/C28H30F3N5OS/c1-18-5-4-10-34(13-18)14-19-11-23(28(29,30)31)24-16-35(27(37)36(24)15-19)22-9-3-8-21(12-22)25(20-6-2-7-20)26-33-32-17-38-26/h3,8-9,11-12,15-18,20,25H,2,4-7,10,13-14H2,1H3/t18-,25+/m0/s1. The topological polar surface area (TPSA) is 55.4 Å². The van der Waals surface area contributed by atoms with Crippen molar-refractivity contribution >= 4 is 16.9 Å². The van der Waals surface area contributed by atoms with E-state index in [1.807, 2.05) is 18.2 Å². The molecule has 1 saturated carbocycles. The molecule has 0 bridgehead atoms. The Morgan fingerprint density at radius 2 is 1.97 bits per heavy atom. The Balaban J connectivity index is 1.42. The minimum atomic E-state index is -4.58. The Kier molecular flexibility index (Phi) is 6.63. The minimum Gasteiger partial charge on any atom is -0.299 e. The largest absolute Gasteiger partial charge is 0.418 e. The van der Waals surface area contributed by atoms with Gasteiger partial charge in [-0.05, 0) is 73.4 Å². The van der Waals surface area contributed by atoms with Gasteiger partial charge in [-0.15, -0.1) is 21.5 Å². The lowest BCUT2D eigenvalue weighted by Crippen LogP contribution is -2.34. The number of halogens is 3. The molecular formula is C28H30F3N5OS. The Hall–Kier alpha value is -2.98. The van der Waals surface area contributed by atoms with Crippen molar-refractivity contribution in [3.8, 4) is 5.69 Å². The third-order valence-corrected chi connectivity index (χ3v) is 8.82. The van der Waals surface area contributed by atoms with Crippen LogP contribution in [0.3, 0.4) is 0 Å². The van der Waals surface area contributed by atoms with Crippen molar-refractivity contribution in [3.63, 3.8) is 0 Å². The predicted molar refractivity (Wildman–Crippen MR) is 141 cm³/mol. The van der Waals surface area contributed by atoms with E-state index in [0.29, 0.717) is 29.6 Å². The number of likely N-dealkylation sites (tertiary alicyclic amines) is 1. The average Bonchev–Trinajstić information content (AvgIpc) is 3.49. The molecule has 2 atom stereocenters. The molecule has 1 aliphatic carbocycles. The molecule has 200 valence electrons. The van der Waals surface area contributed by atoms with Crippen LogP contribution in [0.2, 0.25) is 0 Å². The molecule has 1 aromatic carbocycles. The summed E-state index contributed by atoms with van der Waals surface area (Å²) >= 11 is 1.51. The molecule has 0 unspecified atom stereocenters. The van der Waals surface area contributed by atoms with Crippen LogP contribution in [0, 0.1) is 11.8 Å². The van der Waals surface area contributed by atoms with E-state index in [9.17, 15) is 18.0 Å². The van der Waals surface area contributed by atoms with Gasteiger partial charge in [0.1, 0.15) is 10.5 Å². The van der Waals surface area contributed by atoms with Crippen molar-refractivity contribution in [2.45, 2.75) is 57.7 Å². The summed E-state index contributed by atoms with van der Waals surface area (Å²) in [5.41, 5.74) is 2.33. The zero-order chi connectivity index (χ0) is 26.4. The highest BCUT2D eigenvalue weighted by molar-refractivity contribution is 7.09. The minimum absolute atomic E-state index is 0.0632. The zero-order valence-electron chi connectivity index (χ0n) is 21.2. The first kappa shape index (κ1) is 25.3. The molecule has 3 aromatic heterocycles. The Morgan fingerprint density at radius 1 is 1.13 bits per heavy atom. The van der Waals surface area contributed by atoms with E-state index in [1.54, 1.807) is 17.8 Å². The fourth-order valence-corrected chi connectivity index (χ4v) is 6.78. The van der Waals surface area contributed by atoms with Crippen molar-refractivity contribution in [2.24, 2.45) is 11.8 Å². The number of benzene rings is 1. The summed E-state index contributed by atoms with van der Waals surface area (Å²) in [5.74, 6) is 1.02. The van der Waals surface area contributed by atoms with Gasteiger partial charge in [0.2, 0.25) is 0 Å². The molecule has 0 spiro atoms. The van der Waals surface area contributed by atoms with Gasteiger partial charge < -0.3 is 0 Å². The normalized spacial score (nSPS) is 20.1. The summed E-state index contributed by atoms with van der Waals surface area (Å²) in [4.78, 5) is 15.7. The lowest BCUT2D eigenvalue weighted by atomic mass is 9.73. The molecule has 1 saturated heterocycles. The van der Waals surface area contributed by atoms with Gasteiger partial charge >= 0.3 is 11.9 Å². The number of piperidine rings is 1. The first-order valence-corrected chi connectivity index (χ1v) is 14.1. The van der Waals surface area contributed by atoms with Gasteiger partial charge in [-0.2, -0.15) is 13.2 Å². The summed E-state index contributed by atoms with van der Waals surface area (Å²) in [5, 5.41) is 9.27. The summed E-state index contributed by atoms with van der Waals surface area (Å²) in [7, 11) is 0. The number of fused-ring (bicyclic) bond motifs is 1. The van der Waals surface area contributed by atoms with Gasteiger partial charge in [-0.1, -0.05) is 25.5 Å². The van der Waals surface area contributed by atoms with E-state index in [1.165, 1.54) is 34.6 Å². The molecule has 0 radical (unpaired) electrons. The molecule has 2 fully saturated rings. The van der Waals surface area contributed by atoms with E-state index in [0.717, 1.165) is 53.7 Å². The molecule has 0 N–H and O–H groups in total. The molecule has 0 amide bonds. The van der Waals surface area contributed by atoms with Crippen LogP contribution in [0.1, 0.15) is 66.6 Å². The van der Waals surface area contributed by atoms with E-state index in [4.69, 9.17) is 0 Å². The Morgan fingerprint density at radius 3 is 2.66 bits per heavy atom. The van der Waals surface area contributed by atoms with Crippen LogP contribution >= 0.6 is 11.3 Å². The number of pyridine rings is 1. The van der Waals surface area contributed by atoms with Crippen LogP contribution in [0.5, 0.6) is 0 Å². The van der Waals surface area contributed by atoms with E-state index >= 15 is 0 Å². The first-order chi connectivity index (χ1) is 18.3. The monoisotopic (exact) mass is 541 g/mol. The number of nitrogens with zero attached hydrogens (tertiary/aromatic N) is 5. The lowest BCUT2D eigenvalue weighted by molar-refractivity contribution is -0.136. The molecule has 4 aromatic rings. The molecule has 1 aliphatic heterocycles. The quantitative estimate of drug-likeness (QED) is 0.295. The van der Waals surface area contributed by atoms with Crippen molar-refractivity contribution in [2.75, 3.05) is 13.1 Å². The van der Waals surface area contributed by atoms with Crippen LogP contribution in [0.4, 0.5) is 13.2 Å². The van der Waals surface area contributed by atoms with Crippen molar-refractivity contribution < 1.29 is 13.2 Å². The SMILES string of the molecule is C[C@H]1CCCN(Cc2cc(C(F)(F)F)c3cn(-c4cccc([C@H](c5nncs5)C5CCC5)c4)c(=O)n3c2)C1. The molecule has 4 heterocycles. The summed E-state index contributed by atoms with van der Waals surface area (Å²) in [6, 6.07) is 8.75. The number of rotatable bonds is 6. The number of imidazole rings is 1. The predicted octanol–water partition coefficient (Wildman–Crippen LogP) is 6.12. The van der Waals surface area contributed by atoms with Crippen LogP contribution in [0.15, 0.2) is 53.0 Å². The fraction of sp³-hybridized carbons (Fsp3) is 0.464. The molecular weight excluding hydrogens is 511 g/mol. The second-order valence-electron chi connectivity index (χ2n) is 10.8. The lowest BCUT2D eigenvalue weighted by Gasteiger charge is -2.32. The summed E-state index contributed by atoms with van der Waals surface area (Å²) in [6.07, 6.45) is 3.83. The average molecular weight is 542 g/mol. The third kappa shape index (κ3) is 4.80. The van der Waals surface area contributed by atoms with Gasteiger partial charge in [0.05, 0.1) is 16.8 Å². The van der Waals surface area contributed by atoms with Gasteiger partial charge in [-0.3, -0.25) is 13.9 Å². The maximum absolute atomic E-state index is 14.2. The van der Waals surface area contributed by atoms with Gasteiger partial charge in [0.15, 0.2) is 0 Å². The van der Waals surface area contributed by atoms with Crippen molar-refractivity contribution in [1.82, 2.24) is 24.1 Å². The van der Waals surface area contributed by atoms with Gasteiger partial charge in [-0.25, -0.2) is 4.79 Å². The Bertz CT molecular complexity index is 1490. The van der Waals surface area contributed by atoms with Gasteiger partial charge in [0.25, 0.3) is 0 Å². The van der Waals surface area contributed by atoms with E-state index in [2.05, 4.69) is 22.0 Å². The highest BCUT2D eigenvalue weighted by atomic mass is 32.1. The van der Waals surface area contributed by atoms with Crippen LogP contribution in [-0.2, 0) is 12.7 Å². The summed E-state index contributed by atoms with van der Waals surface area (Å²) in [6.45, 7) is 4.25. The van der Waals surface area contributed by atoms with Crippen LogP contribution < -0.4 is 5.69 Å².